The first-order valence-corrected chi connectivity index (χ1v) is 10.9. The second kappa shape index (κ2) is 8.32. The van der Waals surface area contributed by atoms with Gasteiger partial charge in [-0.1, -0.05) is 6.07 Å². The third-order valence-electron chi connectivity index (χ3n) is 6.85. The smallest absolute Gasteiger partial charge is 0.304 e. The third kappa shape index (κ3) is 4.45. The molecule has 0 aromatic heterocycles. The molecule has 0 aliphatic heterocycles. The van der Waals surface area contributed by atoms with Gasteiger partial charge in [0.1, 0.15) is 0 Å². The molecule has 4 bridgehead atoms. The van der Waals surface area contributed by atoms with Gasteiger partial charge in [0.05, 0.1) is 19.6 Å². The molecule has 5 heteroatoms. The maximum absolute atomic E-state index is 10.6. The molecule has 4 aliphatic rings. The lowest BCUT2D eigenvalue weighted by Gasteiger charge is -2.56. The summed E-state index contributed by atoms with van der Waals surface area (Å²) in [6.45, 7) is 4.49. The molecule has 5 rings (SSSR count). The Morgan fingerprint density at radius 2 is 1.79 bits per heavy atom. The molecular formula is C23H33NO4. The van der Waals surface area contributed by atoms with Gasteiger partial charge in [-0.05, 0) is 80.9 Å². The van der Waals surface area contributed by atoms with E-state index in [0.29, 0.717) is 25.1 Å². The van der Waals surface area contributed by atoms with Crippen molar-refractivity contribution in [3.63, 3.8) is 0 Å². The van der Waals surface area contributed by atoms with E-state index in [-0.39, 0.29) is 6.42 Å². The van der Waals surface area contributed by atoms with Crippen LogP contribution in [0.1, 0.15) is 57.4 Å². The molecule has 0 radical (unpaired) electrons. The number of carboxylic acid groups (broad SMARTS) is 1. The molecule has 4 saturated carbocycles. The minimum atomic E-state index is -0.782. The summed E-state index contributed by atoms with van der Waals surface area (Å²) in [5.41, 5.74) is 1.46. The fourth-order valence-corrected chi connectivity index (χ4v) is 6.18. The molecule has 4 aliphatic carbocycles. The van der Waals surface area contributed by atoms with Crippen molar-refractivity contribution < 1.29 is 19.4 Å². The molecule has 2 N–H and O–H groups in total. The quantitative estimate of drug-likeness (QED) is 0.588. The summed E-state index contributed by atoms with van der Waals surface area (Å²) in [5, 5.41) is 11.9. The van der Waals surface area contributed by atoms with Crippen LogP contribution >= 0.6 is 0 Å². The zero-order valence-corrected chi connectivity index (χ0v) is 16.9. The Morgan fingerprint density at radius 3 is 2.39 bits per heavy atom. The van der Waals surface area contributed by atoms with Crippen molar-refractivity contribution in [2.45, 2.75) is 58.4 Å². The number of carboxylic acids is 1. The Morgan fingerprint density at radius 1 is 1.11 bits per heavy atom. The topological polar surface area (TPSA) is 67.8 Å². The summed E-state index contributed by atoms with van der Waals surface area (Å²) < 4.78 is 12.2. The molecule has 0 amide bonds. The van der Waals surface area contributed by atoms with Gasteiger partial charge < -0.3 is 19.9 Å². The molecule has 1 aromatic carbocycles. The van der Waals surface area contributed by atoms with Gasteiger partial charge in [-0.25, -0.2) is 0 Å². The Kier molecular flexibility index (Phi) is 5.81. The summed E-state index contributed by atoms with van der Waals surface area (Å²) in [5.74, 6) is 3.65. The van der Waals surface area contributed by atoms with E-state index in [1.165, 1.54) is 38.5 Å². The maximum Gasteiger partial charge on any atom is 0.304 e. The summed E-state index contributed by atoms with van der Waals surface area (Å²) in [6.07, 6.45) is 8.51. The van der Waals surface area contributed by atoms with Crippen molar-refractivity contribution in [2.75, 3.05) is 19.8 Å². The standard InChI is InChI=1S/C23H33NO4/c1-2-27-21-10-16(14-24-6-5-22(25)26)3-4-20(21)28-15-23-11-17-7-18(12-23)9-19(8-17)13-23/h3-4,10,17-19,24H,2,5-9,11-15H2,1H3,(H,25,26). The largest absolute Gasteiger partial charge is 0.490 e. The van der Waals surface area contributed by atoms with E-state index in [1.54, 1.807) is 0 Å². The summed E-state index contributed by atoms with van der Waals surface area (Å²) in [6, 6.07) is 6.08. The van der Waals surface area contributed by atoms with Crippen LogP contribution < -0.4 is 14.8 Å². The predicted molar refractivity (Wildman–Crippen MR) is 108 cm³/mol. The van der Waals surface area contributed by atoms with Gasteiger partial charge in [-0.15, -0.1) is 0 Å². The van der Waals surface area contributed by atoms with E-state index in [4.69, 9.17) is 14.6 Å². The van der Waals surface area contributed by atoms with Crippen LogP contribution in [0.25, 0.3) is 0 Å². The number of rotatable bonds is 10. The first-order valence-electron chi connectivity index (χ1n) is 10.9. The van der Waals surface area contributed by atoms with Crippen LogP contribution in [0, 0.1) is 23.2 Å². The molecule has 4 fully saturated rings. The summed E-state index contributed by atoms with van der Waals surface area (Å²) in [7, 11) is 0. The van der Waals surface area contributed by atoms with Crippen molar-refractivity contribution in [2.24, 2.45) is 23.2 Å². The van der Waals surface area contributed by atoms with Crippen LogP contribution in [0.4, 0.5) is 0 Å². The average Bonchev–Trinajstić information content (AvgIpc) is 2.63. The van der Waals surface area contributed by atoms with Gasteiger partial charge in [-0.2, -0.15) is 0 Å². The number of nitrogens with one attached hydrogen (secondary N) is 1. The van der Waals surface area contributed by atoms with E-state index in [9.17, 15) is 4.79 Å². The SMILES string of the molecule is CCOc1cc(CNCCC(=O)O)ccc1OCC12CC3CC(CC(C3)C1)C2. The van der Waals surface area contributed by atoms with Crippen LogP contribution in [0.5, 0.6) is 11.5 Å². The number of ether oxygens (including phenoxy) is 2. The zero-order chi connectivity index (χ0) is 19.6. The number of hydrogen-bond donors (Lipinski definition) is 2. The Hall–Kier alpha value is -1.75. The molecule has 5 nitrogen and oxygen atoms in total. The lowest BCUT2D eigenvalue weighted by molar-refractivity contribution is -0.136. The summed E-state index contributed by atoms with van der Waals surface area (Å²) in [4.78, 5) is 10.6. The molecule has 0 saturated heterocycles. The van der Waals surface area contributed by atoms with E-state index < -0.39 is 5.97 Å². The Labute approximate surface area is 167 Å². The molecule has 0 heterocycles. The number of hydrogen-bond acceptors (Lipinski definition) is 4. The minimum Gasteiger partial charge on any atom is -0.490 e. The second-order valence-electron chi connectivity index (χ2n) is 9.24. The highest BCUT2D eigenvalue weighted by Gasteiger charge is 2.51. The number of benzene rings is 1. The van der Waals surface area contributed by atoms with Crippen LogP contribution in [0.2, 0.25) is 0 Å². The van der Waals surface area contributed by atoms with Gasteiger partial charge >= 0.3 is 5.97 Å². The Balaban J connectivity index is 1.37. The van der Waals surface area contributed by atoms with Gasteiger partial charge in [-0.3, -0.25) is 4.79 Å². The van der Waals surface area contributed by atoms with E-state index in [0.717, 1.165) is 41.4 Å². The highest BCUT2D eigenvalue weighted by molar-refractivity contribution is 5.66. The van der Waals surface area contributed by atoms with E-state index >= 15 is 0 Å². The molecule has 0 spiro atoms. The van der Waals surface area contributed by atoms with Gasteiger partial charge in [0.25, 0.3) is 0 Å². The highest BCUT2D eigenvalue weighted by atomic mass is 16.5. The lowest BCUT2D eigenvalue weighted by atomic mass is 9.50. The van der Waals surface area contributed by atoms with Crippen LogP contribution in [0.3, 0.4) is 0 Å². The molecule has 0 atom stereocenters. The number of aliphatic carboxylic acids is 1. The zero-order valence-electron chi connectivity index (χ0n) is 16.9. The van der Waals surface area contributed by atoms with Crippen molar-refractivity contribution in [1.82, 2.24) is 5.32 Å². The lowest BCUT2D eigenvalue weighted by Crippen LogP contribution is -2.48. The number of carbonyl (C=O) groups is 1. The monoisotopic (exact) mass is 387 g/mol. The second-order valence-corrected chi connectivity index (χ2v) is 9.24. The fourth-order valence-electron chi connectivity index (χ4n) is 6.18. The van der Waals surface area contributed by atoms with Crippen molar-refractivity contribution >= 4 is 5.97 Å². The molecule has 1 aromatic rings. The fraction of sp³-hybridized carbons (Fsp3) is 0.696. The average molecular weight is 388 g/mol. The van der Waals surface area contributed by atoms with Crippen molar-refractivity contribution in [1.29, 1.82) is 0 Å². The predicted octanol–water partition coefficient (Wildman–Crippen LogP) is 4.24. The van der Waals surface area contributed by atoms with Crippen molar-refractivity contribution in [3.8, 4) is 11.5 Å². The van der Waals surface area contributed by atoms with E-state index in [2.05, 4.69) is 5.32 Å². The molecule has 154 valence electrons. The normalized spacial score (nSPS) is 30.4. The van der Waals surface area contributed by atoms with Crippen LogP contribution in [-0.4, -0.2) is 30.8 Å². The van der Waals surface area contributed by atoms with Gasteiger partial charge in [0.2, 0.25) is 0 Å². The molecule has 0 unspecified atom stereocenters. The van der Waals surface area contributed by atoms with E-state index in [1.807, 2.05) is 25.1 Å². The molecular weight excluding hydrogens is 354 g/mol. The van der Waals surface area contributed by atoms with Gasteiger partial charge in [0.15, 0.2) is 11.5 Å². The first kappa shape index (κ1) is 19.6. The van der Waals surface area contributed by atoms with Crippen LogP contribution in [0.15, 0.2) is 18.2 Å². The van der Waals surface area contributed by atoms with Gasteiger partial charge in [0, 0.05) is 18.5 Å². The highest BCUT2D eigenvalue weighted by Crippen LogP contribution is 2.60. The van der Waals surface area contributed by atoms with Crippen LogP contribution in [-0.2, 0) is 11.3 Å². The Bertz CT molecular complexity index is 667. The molecule has 28 heavy (non-hydrogen) atoms. The third-order valence-corrected chi connectivity index (χ3v) is 6.85. The summed E-state index contributed by atoms with van der Waals surface area (Å²) >= 11 is 0. The maximum atomic E-state index is 10.6. The minimum absolute atomic E-state index is 0.130. The van der Waals surface area contributed by atoms with Crippen molar-refractivity contribution in [3.05, 3.63) is 23.8 Å². The first-order chi connectivity index (χ1) is 13.5.